The molecule has 0 saturated carbocycles. The molecule has 5 nitrogen and oxygen atoms in total. The fourth-order valence-corrected chi connectivity index (χ4v) is 1.70. The van der Waals surface area contributed by atoms with Crippen LogP contribution in [0.15, 0.2) is 18.2 Å². The van der Waals surface area contributed by atoms with Crippen molar-refractivity contribution >= 4 is 5.91 Å². The second-order valence-electron chi connectivity index (χ2n) is 5.51. The van der Waals surface area contributed by atoms with Crippen LogP contribution in [0.5, 0.6) is 11.5 Å². The van der Waals surface area contributed by atoms with Gasteiger partial charge in [0.25, 0.3) is 5.91 Å². The van der Waals surface area contributed by atoms with Gasteiger partial charge in [0.15, 0.2) is 11.5 Å². The Bertz CT molecular complexity index is 461. The largest absolute Gasteiger partial charge is 0.493 e. The van der Waals surface area contributed by atoms with E-state index in [1.54, 1.807) is 25.3 Å². The Morgan fingerprint density at radius 1 is 1.29 bits per heavy atom. The van der Waals surface area contributed by atoms with E-state index in [4.69, 9.17) is 15.2 Å². The van der Waals surface area contributed by atoms with Gasteiger partial charge in [-0.05, 0) is 37.5 Å². The molecule has 0 bridgehead atoms. The molecule has 1 aromatic rings. The highest BCUT2D eigenvalue weighted by molar-refractivity contribution is 5.95. The summed E-state index contributed by atoms with van der Waals surface area (Å²) in [6.45, 7) is 7.18. The molecule has 118 valence electrons. The zero-order valence-corrected chi connectivity index (χ0v) is 13.3. The number of carbonyl (C=O) groups is 1. The Hall–Kier alpha value is -1.75. The number of methoxy groups -OCH3 is 1. The summed E-state index contributed by atoms with van der Waals surface area (Å²) < 4.78 is 11.0. The molecule has 0 aromatic heterocycles. The predicted octanol–water partition coefficient (Wildman–Crippen LogP) is 2.20. The Balaban J connectivity index is 2.75. The number of ether oxygens (including phenoxy) is 2. The van der Waals surface area contributed by atoms with Gasteiger partial charge in [0, 0.05) is 18.2 Å². The molecule has 1 rings (SSSR count). The number of amides is 1. The molecular formula is C16H26N2O3. The minimum Gasteiger partial charge on any atom is -0.493 e. The summed E-state index contributed by atoms with van der Waals surface area (Å²) in [5.74, 6) is 1.63. The highest BCUT2D eigenvalue weighted by Crippen LogP contribution is 2.28. The van der Waals surface area contributed by atoms with Crippen molar-refractivity contribution in [3.63, 3.8) is 0 Å². The van der Waals surface area contributed by atoms with Crippen LogP contribution < -0.4 is 20.5 Å². The lowest BCUT2D eigenvalue weighted by Gasteiger charge is -2.14. The predicted molar refractivity (Wildman–Crippen MR) is 83.9 cm³/mol. The first-order valence-electron chi connectivity index (χ1n) is 7.29. The van der Waals surface area contributed by atoms with Crippen molar-refractivity contribution in [2.24, 2.45) is 11.7 Å². The van der Waals surface area contributed by atoms with Crippen LogP contribution in [0.3, 0.4) is 0 Å². The number of nitrogens with two attached hydrogens (primary N) is 1. The van der Waals surface area contributed by atoms with Gasteiger partial charge in [-0.15, -0.1) is 0 Å². The first-order chi connectivity index (χ1) is 9.97. The molecule has 0 unspecified atom stereocenters. The third kappa shape index (κ3) is 5.63. The molecule has 1 atom stereocenters. The van der Waals surface area contributed by atoms with Crippen molar-refractivity contribution in [3.05, 3.63) is 23.8 Å². The van der Waals surface area contributed by atoms with Gasteiger partial charge in [0.1, 0.15) is 0 Å². The Labute approximate surface area is 126 Å². The zero-order valence-electron chi connectivity index (χ0n) is 13.3. The standard InChI is InChI=1S/C16H26N2O3/c1-11(2)7-8-21-14-6-5-13(9-15(14)20-4)16(19)18-12(3)10-17/h5-6,9,11-12H,7-8,10,17H2,1-4H3,(H,18,19)/t12-/m0/s1. The summed E-state index contributed by atoms with van der Waals surface area (Å²) in [6, 6.07) is 5.11. The lowest BCUT2D eigenvalue weighted by atomic mass is 10.1. The van der Waals surface area contributed by atoms with E-state index >= 15 is 0 Å². The number of hydrogen-bond donors (Lipinski definition) is 2. The molecule has 0 fully saturated rings. The van der Waals surface area contributed by atoms with E-state index < -0.39 is 0 Å². The second-order valence-corrected chi connectivity index (χ2v) is 5.51. The van der Waals surface area contributed by atoms with Gasteiger partial charge in [-0.2, -0.15) is 0 Å². The second kappa shape index (κ2) is 8.52. The van der Waals surface area contributed by atoms with Crippen molar-refractivity contribution in [1.29, 1.82) is 0 Å². The fraction of sp³-hybridized carbons (Fsp3) is 0.562. The van der Waals surface area contributed by atoms with E-state index in [1.807, 2.05) is 6.92 Å². The average molecular weight is 294 g/mol. The normalized spacial score (nSPS) is 12.1. The van der Waals surface area contributed by atoms with Crippen LogP contribution in [-0.4, -0.2) is 32.2 Å². The molecule has 0 spiro atoms. The third-order valence-corrected chi connectivity index (χ3v) is 3.11. The van der Waals surface area contributed by atoms with Crippen LogP contribution in [0.25, 0.3) is 0 Å². The first-order valence-corrected chi connectivity index (χ1v) is 7.29. The summed E-state index contributed by atoms with van der Waals surface area (Å²) in [5, 5.41) is 2.81. The number of nitrogens with one attached hydrogen (secondary N) is 1. The maximum atomic E-state index is 12.0. The van der Waals surface area contributed by atoms with E-state index in [9.17, 15) is 4.79 Å². The van der Waals surface area contributed by atoms with Gasteiger partial charge in [-0.1, -0.05) is 13.8 Å². The molecule has 0 aliphatic rings. The maximum absolute atomic E-state index is 12.0. The molecule has 1 aromatic carbocycles. The molecule has 21 heavy (non-hydrogen) atoms. The number of rotatable bonds is 8. The fourth-order valence-electron chi connectivity index (χ4n) is 1.70. The molecular weight excluding hydrogens is 268 g/mol. The molecule has 0 aliphatic heterocycles. The van der Waals surface area contributed by atoms with Crippen LogP contribution >= 0.6 is 0 Å². The lowest BCUT2D eigenvalue weighted by molar-refractivity contribution is 0.0941. The van der Waals surface area contributed by atoms with Crippen LogP contribution in [0.4, 0.5) is 0 Å². The molecule has 1 amide bonds. The van der Waals surface area contributed by atoms with Gasteiger partial charge in [0.05, 0.1) is 13.7 Å². The number of benzene rings is 1. The highest BCUT2D eigenvalue weighted by Gasteiger charge is 2.12. The van der Waals surface area contributed by atoms with E-state index in [1.165, 1.54) is 0 Å². The average Bonchev–Trinajstić information content (AvgIpc) is 2.46. The number of carbonyl (C=O) groups excluding carboxylic acids is 1. The molecule has 0 saturated heterocycles. The maximum Gasteiger partial charge on any atom is 0.251 e. The summed E-state index contributed by atoms with van der Waals surface area (Å²) >= 11 is 0. The van der Waals surface area contributed by atoms with Crippen LogP contribution in [-0.2, 0) is 0 Å². The van der Waals surface area contributed by atoms with Crippen molar-refractivity contribution < 1.29 is 14.3 Å². The van der Waals surface area contributed by atoms with Gasteiger partial charge < -0.3 is 20.5 Å². The highest BCUT2D eigenvalue weighted by atomic mass is 16.5. The lowest BCUT2D eigenvalue weighted by Crippen LogP contribution is -2.37. The monoisotopic (exact) mass is 294 g/mol. The van der Waals surface area contributed by atoms with E-state index in [2.05, 4.69) is 19.2 Å². The van der Waals surface area contributed by atoms with Gasteiger partial charge >= 0.3 is 0 Å². The topological polar surface area (TPSA) is 73.6 Å². The summed E-state index contributed by atoms with van der Waals surface area (Å²) in [5.41, 5.74) is 6.03. The first kappa shape index (κ1) is 17.3. The summed E-state index contributed by atoms with van der Waals surface area (Å²) in [6.07, 6.45) is 0.972. The molecule has 5 heteroatoms. The van der Waals surface area contributed by atoms with Gasteiger partial charge in [-0.25, -0.2) is 0 Å². The van der Waals surface area contributed by atoms with Gasteiger partial charge in [-0.3, -0.25) is 4.79 Å². The Morgan fingerprint density at radius 2 is 2.00 bits per heavy atom. The van der Waals surface area contributed by atoms with E-state index in [-0.39, 0.29) is 11.9 Å². The third-order valence-electron chi connectivity index (χ3n) is 3.11. The van der Waals surface area contributed by atoms with Gasteiger partial charge in [0.2, 0.25) is 0 Å². The van der Waals surface area contributed by atoms with Crippen molar-refractivity contribution in [2.75, 3.05) is 20.3 Å². The quantitative estimate of drug-likeness (QED) is 0.771. The van der Waals surface area contributed by atoms with Crippen LogP contribution in [0.1, 0.15) is 37.6 Å². The minimum atomic E-state index is -0.167. The van der Waals surface area contributed by atoms with Crippen molar-refractivity contribution in [3.8, 4) is 11.5 Å². The van der Waals surface area contributed by atoms with Crippen molar-refractivity contribution in [1.82, 2.24) is 5.32 Å². The van der Waals surface area contributed by atoms with Crippen molar-refractivity contribution in [2.45, 2.75) is 33.2 Å². The van der Waals surface area contributed by atoms with Crippen LogP contribution in [0.2, 0.25) is 0 Å². The Kier molecular flexibility index (Phi) is 7.02. The van der Waals surface area contributed by atoms with E-state index in [0.717, 1.165) is 6.42 Å². The Morgan fingerprint density at radius 3 is 2.57 bits per heavy atom. The minimum absolute atomic E-state index is 0.0644. The molecule has 3 N–H and O–H groups in total. The SMILES string of the molecule is COc1cc(C(=O)N[C@@H](C)CN)ccc1OCCC(C)C. The van der Waals surface area contributed by atoms with Crippen LogP contribution in [0, 0.1) is 5.92 Å². The number of hydrogen-bond acceptors (Lipinski definition) is 4. The molecule has 0 radical (unpaired) electrons. The van der Waals surface area contributed by atoms with E-state index in [0.29, 0.717) is 36.1 Å². The summed E-state index contributed by atoms with van der Waals surface area (Å²) in [7, 11) is 1.56. The smallest absolute Gasteiger partial charge is 0.251 e. The molecule has 0 heterocycles. The molecule has 0 aliphatic carbocycles. The zero-order chi connectivity index (χ0) is 15.8. The summed E-state index contributed by atoms with van der Waals surface area (Å²) in [4.78, 5) is 12.0.